The Hall–Kier alpha value is -3.79. The zero-order valence-corrected chi connectivity index (χ0v) is 18.5. The molecule has 2 aromatic rings. The first-order valence-corrected chi connectivity index (χ1v) is 10.2. The Morgan fingerprint density at radius 2 is 1.91 bits per heavy atom. The fourth-order valence-corrected chi connectivity index (χ4v) is 3.37. The number of nitrogens with one attached hydrogen (secondary N) is 1. The maximum atomic E-state index is 11.8. The molecule has 1 amide bonds. The summed E-state index contributed by atoms with van der Waals surface area (Å²) in [6, 6.07) is 12.8. The molecule has 0 saturated carbocycles. The standard InChI is InChI=1S/C22H21N3O6S/c1-28-16-5-4-6-17(10-16)31-13-15-9-14(7-8-18(15)29-2)12-23-25-22-24-21(27)19(32-22)11-20(26)30-3/h4-12H,13H2,1-3H3,(H,24,25,27)/b19-11+,23-12?. The summed E-state index contributed by atoms with van der Waals surface area (Å²) in [7, 11) is 4.42. The number of amides is 1. The van der Waals surface area contributed by atoms with Gasteiger partial charge in [-0.2, -0.15) is 5.10 Å². The summed E-state index contributed by atoms with van der Waals surface area (Å²) < 4.78 is 21.0. The minimum Gasteiger partial charge on any atom is -0.497 e. The average molecular weight is 455 g/mol. The smallest absolute Gasteiger partial charge is 0.331 e. The van der Waals surface area contributed by atoms with Gasteiger partial charge in [0.1, 0.15) is 23.9 Å². The van der Waals surface area contributed by atoms with E-state index >= 15 is 0 Å². The number of amidine groups is 1. The second-order valence-electron chi connectivity index (χ2n) is 6.28. The molecular weight excluding hydrogens is 434 g/mol. The third-order valence-electron chi connectivity index (χ3n) is 4.20. The van der Waals surface area contributed by atoms with Gasteiger partial charge >= 0.3 is 5.97 Å². The predicted molar refractivity (Wildman–Crippen MR) is 121 cm³/mol. The van der Waals surface area contributed by atoms with Gasteiger partial charge in [0.15, 0.2) is 5.17 Å². The summed E-state index contributed by atoms with van der Waals surface area (Å²) >= 11 is 1.00. The van der Waals surface area contributed by atoms with Crippen molar-refractivity contribution in [2.75, 3.05) is 21.3 Å². The number of hydrogen-bond acceptors (Lipinski definition) is 9. The van der Waals surface area contributed by atoms with Gasteiger partial charge in [0.25, 0.3) is 5.91 Å². The first kappa shape index (κ1) is 22.9. The molecule has 9 nitrogen and oxygen atoms in total. The molecule has 10 heteroatoms. The number of benzene rings is 2. The Labute approximate surface area is 189 Å². The third-order valence-corrected chi connectivity index (χ3v) is 5.10. The first-order valence-electron chi connectivity index (χ1n) is 9.36. The molecule has 32 heavy (non-hydrogen) atoms. The van der Waals surface area contributed by atoms with Crippen LogP contribution in [0, 0.1) is 0 Å². The molecule has 0 aliphatic carbocycles. The van der Waals surface area contributed by atoms with Gasteiger partial charge in [-0.15, -0.1) is 5.10 Å². The molecule has 2 aromatic carbocycles. The van der Waals surface area contributed by atoms with Gasteiger partial charge in [0.05, 0.1) is 32.4 Å². The van der Waals surface area contributed by atoms with E-state index in [1.165, 1.54) is 13.3 Å². The van der Waals surface area contributed by atoms with Crippen molar-refractivity contribution in [1.29, 1.82) is 0 Å². The molecule has 0 atom stereocenters. The largest absolute Gasteiger partial charge is 0.497 e. The second kappa shape index (κ2) is 11.0. The molecular formula is C22H21N3O6S. The van der Waals surface area contributed by atoms with Crippen LogP contribution in [-0.4, -0.2) is 44.6 Å². The van der Waals surface area contributed by atoms with Crippen molar-refractivity contribution in [2.45, 2.75) is 6.61 Å². The van der Waals surface area contributed by atoms with E-state index in [4.69, 9.17) is 14.2 Å². The Bertz CT molecular complexity index is 1100. The lowest BCUT2D eigenvalue weighted by Crippen LogP contribution is -2.19. The van der Waals surface area contributed by atoms with Crippen LogP contribution >= 0.6 is 11.8 Å². The molecule has 0 bridgehead atoms. The second-order valence-corrected chi connectivity index (χ2v) is 7.31. The number of carbonyl (C=O) groups excluding carboxylic acids is 2. The molecule has 1 aliphatic heterocycles. The van der Waals surface area contributed by atoms with Gasteiger partial charge in [0, 0.05) is 17.7 Å². The van der Waals surface area contributed by atoms with Crippen LogP contribution < -0.4 is 19.5 Å². The molecule has 1 heterocycles. The normalized spacial score (nSPS) is 15.8. The number of esters is 1. The van der Waals surface area contributed by atoms with E-state index in [-0.39, 0.29) is 16.7 Å². The maximum Gasteiger partial charge on any atom is 0.331 e. The van der Waals surface area contributed by atoms with Crippen molar-refractivity contribution in [3.05, 3.63) is 64.6 Å². The van der Waals surface area contributed by atoms with E-state index in [1.807, 2.05) is 36.4 Å². The fourth-order valence-electron chi connectivity index (χ4n) is 2.63. The van der Waals surface area contributed by atoms with E-state index in [0.717, 1.165) is 29.0 Å². The maximum absolute atomic E-state index is 11.8. The van der Waals surface area contributed by atoms with Gasteiger partial charge in [-0.1, -0.05) is 6.07 Å². The van der Waals surface area contributed by atoms with Crippen LogP contribution in [0.15, 0.2) is 63.6 Å². The monoisotopic (exact) mass is 455 g/mol. The highest BCUT2D eigenvalue weighted by Gasteiger charge is 2.25. The number of carbonyl (C=O) groups is 2. The summed E-state index contributed by atoms with van der Waals surface area (Å²) in [5, 5.41) is 10.8. The molecule has 0 spiro atoms. The van der Waals surface area contributed by atoms with Crippen molar-refractivity contribution < 1.29 is 28.5 Å². The van der Waals surface area contributed by atoms with Crippen molar-refractivity contribution in [3.63, 3.8) is 0 Å². The van der Waals surface area contributed by atoms with Gasteiger partial charge in [0.2, 0.25) is 0 Å². The zero-order valence-electron chi connectivity index (χ0n) is 17.7. The quantitative estimate of drug-likeness (QED) is 0.282. The summed E-state index contributed by atoms with van der Waals surface area (Å²) in [4.78, 5) is 23.3. The van der Waals surface area contributed by atoms with E-state index in [9.17, 15) is 9.59 Å². The van der Waals surface area contributed by atoms with E-state index in [0.29, 0.717) is 17.2 Å². The Kier molecular flexibility index (Phi) is 7.87. The minimum absolute atomic E-state index is 0.187. The minimum atomic E-state index is -0.616. The number of ether oxygens (including phenoxy) is 4. The van der Waals surface area contributed by atoms with Gasteiger partial charge < -0.3 is 18.9 Å². The highest BCUT2D eigenvalue weighted by atomic mass is 32.2. The third kappa shape index (κ3) is 6.11. The van der Waals surface area contributed by atoms with E-state index in [1.54, 1.807) is 20.3 Å². The molecule has 3 rings (SSSR count). The molecule has 166 valence electrons. The van der Waals surface area contributed by atoms with Crippen molar-refractivity contribution in [3.8, 4) is 17.2 Å². The van der Waals surface area contributed by atoms with E-state index in [2.05, 4.69) is 20.3 Å². The van der Waals surface area contributed by atoms with Crippen molar-refractivity contribution in [1.82, 2.24) is 5.32 Å². The zero-order chi connectivity index (χ0) is 22.9. The van der Waals surface area contributed by atoms with Crippen LogP contribution in [0.2, 0.25) is 0 Å². The lowest BCUT2D eigenvalue weighted by Gasteiger charge is -2.11. The number of rotatable bonds is 8. The molecule has 0 unspecified atom stereocenters. The molecule has 1 N–H and O–H groups in total. The molecule has 1 aliphatic rings. The number of methoxy groups -OCH3 is 3. The van der Waals surface area contributed by atoms with Crippen molar-refractivity contribution in [2.24, 2.45) is 10.2 Å². The Balaban J connectivity index is 1.69. The average Bonchev–Trinajstić information content (AvgIpc) is 3.16. The summed E-state index contributed by atoms with van der Waals surface area (Å²) in [5.74, 6) is 0.996. The van der Waals surface area contributed by atoms with Crippen LogP contribution in [0.5, 0.6) is 17.2 Å². The van der Waals surface area contributed by atoms with Gasteiger partial charge in [-0.25, -0.2) is 4.79 Å². The van der Waals surface area contributed by atoms with Crippen LogP contribution in [-0.2, 0) is 20.9 Å². The molecule has 0 aromatic heterocycles. The Morgan fingerprint density at radius 1 is 1.09 bits per heavy atom. The summed E-state index contributed by atoms with van der Waals surface area (Å²) in [5.41, 5.74) is 1.58. The highest BCUT2D eigenvalue weighted by Crippen LogP contribution is 2.25. The Morgan fingerprint density at radius 3 is 2.66 bits per heavy atom. The first-order chi connectivity index (χ1) is 15.5. The lowest BCUT2D eigenvalue weighted by atomic mass is 10.1. The SMILES string of the molecule is COC(=O)/C=C1/S/C(=N\N=Cc2ccc(OC)c(COc3cccc(OC)c3)c2)NC1=O. The number of thioether (sulfide) groups is 1. The number of nitrogens with zero attached hydrogens (tertiary/aromatic N) is 2. The van der Waals surface area contributed by atoms with Crippen LogP contribution in [0.1, 0.15) is 11.1 Å². The van der Waals surface area contributed by atoms with E-state index < -0.39 is 11.9 Å². The number of hydrogen-bond donors (Lipinski definition) is 1. The van der Waals surface area contributed by atoms with Gasteiger partial charge in [-0.05, 0) is 47.7 Å². The van der Waals surface area contributed by atoms with Crippen LogP contribution in [0.3, 0.4) is 0 Å². The fraction of sp³-hybridized carbons (Fsp3) is 0.182. The molecule has 1 saturated heterocycles. The summed E-state index contributed by atoms with van der Waals surface area (Å²) in [6.45, 7) is 0.278. The van der Waals surface area contributed by atoms with Gasteiger partial charge in [-0.3, -0.25) is 10.1 Å². The predicted octanol–water partition coefficient (Wildman–Crippen LogP) is 2.89. The van der Waals surface area contributed by atoms with Crippen molar-refractivity contribution >= 4 is 35.0 Å². The van der Waals surface area contributed by atoms with Crippen LogP contribution in [0.25, 0.3) is 0 Å². The molecule has 0 radical (unpaired) electrons. The summed E-state index contributed by atoms with van der Waals surface area (Å²) in [6.07, 6.45) is 2.64. The highest BCUT2D eigenvalue weighted by molar-refractivity contribution is 8.18. The molecule has 1 fully saturated rings. The van der Waals surface area contributed by atoms with Crippen LogP contribution in [0.4, 0.5) is 0 Å². The topological polar surface area (TPSA) is 108 Å². The lowest BCUT2D eigenvalue weighted by molar-refractivity contribution is -0.135.